The highest BCUT2D eigenvalue weighted by Crippen LogP contribution is 2.23. The lowest BCUT2D eigenvalue weighted by atomic mass is 10.1. The molecule has 1 heterocycles. The number of nitrogens with zero attached hydrogens (tertiary/aromatic N) is 3. The highest BCUT2D eigenvalue weighted by molar-refractivity contribution is 5.84. The maximum atomic E-state index is 13.4. The maximum absolute atomic E-state index is 13.4. The summed E-state index contributed by atoms with van der Waals surface area (Å²) in [7, 11) is 1.84. The van der Waals surface area contributed by atoms with Crippen molar-refractivity contribution in [1.82, 2.24) is 20.2 Å². The second-order valence-corrected chi connectivity index (χ2v) is 10.0. The minimum atomic E-state index is -0.697. The van der Waals surface area contributed by atoms with Crippen molar-refractivity contribution >= 4 is 18.1 Å². The number of rotatable bonds is 14. The highest BCUT2D eigenvalue weighted by Gasteiger charge is 2.41. The van der Waals surface area contributed by atoms with Gasteiger partial charge in [-0.15, -0.1) is 0 Å². The monoisotopic (exact) mass is 508 g/mol. The summed E-state index contributed by atoms with van der Waals surface area (Å²) >= 11 is 0. The van der Waals surface area contributed by atoms with Gasteiger partial charge in [-0.05, 0) is 36.9 Å². The van der Waals surface area contributed by atoms with Crippen LogP contribution in [0.1, 0.15) is 31.4 Å². The lowest BCUT2D eigenvalue weighted by Gasteiger charge is -2.46. The van der Waals surface area contributed by atoms with E-state index in [4.69, 9.17) is 4.84 Å². The summed E-state index contributed by atoms with van der Waals surface area (Å²) in [6.45, 7) is 5.99. The molecule has 8 nitrogen and oxygen atoms in total. The topological polar surface area (TPSA) is 82.2 Å². The molecule has 8 heteroatoms. The largest absolute Gasteiger partial charge is 0.355 e. The first-order valence-electron chi connectivity index (χ1n) is 13.1. The second-order valence-electron chi connectivity index (χ2n) is 10.0. The zero-order valence-corrected chi connectivity index (χ0v) is 22.2. The van der Waals surface area contributed by atoms with Crippen LogP contribution in [0.3, 0.4) is 0 Å². The normalized spacial score (nSPS) is 18.4. The summed E-state index contributed by atoms with van der Waals surface area (Å²) in [6, 6.07) is 19.8. The van der Waals surface area contributed by atoms with Crippen molar-refractivity contribution in [2.75, 3.05) is 39.8 Å². The quantitative estimate of drug-likeness (QED) is 0.395. The lowest BCUT2D eigenvalue weighted by Crippen LogP contribution is -2.65. The fourth-order valence-corrected chi connectivity index (χ4v) is 4.42. The number of aldehydes is 1. The number of carbonyl (C=O) groups is 3. The molecule has 2 amide bonds. The molecule has 1 fully saturated rings. The van der Waals surface area contributed by atoms with Crippen LogP contribution in [0.4, 0.5) is 0 Å². The summed E-state index contributed by atoms with van der Waals surface area (Å²) in [6.07, 6.45) is 1.66. The van der Waals surface area contributed by atoms with Crippen molar-refractivity contribution in [2.24, 2.45) is 5.92 Å². The summed E-state index contributed by atoms with van der Waals surface area (Å²) in [5.74, 6) is 0.156. The van der Waals surface area contributed by atoms with Crippen LogP contribution in [0.2, 0.25) is 0 Å². The van der Waals surface area contributed by atoms with Gasteiger partial charge in [-0.3, -0.25) is 19.3 Å². The van der Waals surface area contributed by atoms with Gasteiger partial charge in [0.2, 0.25) is 5.91 Å². The molecule has 0 radical (unpaired) electrons. The van der Waals surface area contributed by atoms with Gasteiger partial charge in [0, 0.05) is 26.1 Å². The second kappa shape index (κ2) is 14.6. The standard InChI is InChI=1S/C29H40N4O4/c1-23(2)15-17-33-28(22-31(3)21-27(35)30-16-14-24-10-6-4-7-11-24)32(18-19-34)29(36)26(37-33)20-25-12-8-5-9-13-25/h4-13,19,23,26,28H,14-18,20-22H2,1-3H3,(H,30,35). The first kappa shape index (κ1) is 28.5. The lowest BCUT2D eigenvalue weighted by molar-refractivity contribution is -0.276. The van der Waals surface area contributed by atoms with E-state index in [9.17, 15) is 14.4 Å². The van der Waals surface area contributed by atoms with Crippen LogP contribution in [0.5, 0.6) is 0 Å². The molecule has 0 aliphatic carbocycles. The van der Waals surface area contributed by atoms with Gasteiger partial charge < -0.3 is 15.0 Å². The molecule has 2 unspecified atom stereocenters. The number of amides is 2. The Bertz CT molecular complexity index is 986. The molecule has 3 rings (SSSR count). The molecule has 1 aliphatic rings. The average Bonchev–Trinajstić information content (AvgIpc) is 2.88. The summed E-state index contributed by atoms with van der Waals surface area (Å²) in [5, 5.41) is 4.80. The molecule has 1 saturated heterocycles. The van der Waals surface area contributed by atoms with E-state index in [-0.39, 0.29) is 24.9 Å². The molecule has 1 N–H and O–H groups in total. The van der Waals surface area contributed by atoms with Crippen LogP contribution in [0.15, 0.2) is 60.7 Å². The van der Waals surface area contributed by atoms with E-state index in [2.05, 4.69) is 19.2 Å². The molecular weight excluding hydrogens is 468 g/mol. The number of carbonyl (C=O) groups excluding carboxylic acids is 3. The van der Waals surface area contributed by atoms with E-state index in [1.165, 1.54) is 5.56 Å². The zero-order valence-electron chi connectivity index (χ0n) is 22.2. The number of nitrogens with one attached hydrogen (secondary N) is 1. The smallest absolute Gasteiger partial charge is 0.255 e. The molecule has 0 bridgehead atoms. The van der Waals surface area contributed by atoms with Crippen LogP contribution in [-0.2, 0) is 32.1 Å². The molecule has 2 aromatic rings. The fourth-order valence-electron chi connectivity index (χ4n) is 4.42. The maximum Gasteiger partial charge on any atom is 0.255 e. The SMILES string of the molecule is CC(C)CCN1OC(Cc2ccccc2)C(=O)N(CC=O)C1CN(C)CC(=O)NCCc1ccccc1. The number of hydroxylamine groups is 2. The Morgan fingerprint density at radius 3 is 2.35 bits per heavy atom. The van der Waals surface area contributed by atoms with Crippen molar-refractivity contribution < 1.29 is 19.2 Å². The molecule has 0 spiro atoms. The Labute approximate surface area is 220 Å². The van der Waals surface area contributed by atoms with Crippen molar-refractivity contribution in [2.45, 2.75) is 45.4 Å². The van der Waals surface area contributed by atoms with Crippen LogP contribution in [0, 0.1) is 5.92 Å². The Morgan fingerprint density at radius 1 is 1.08 bits per heavy atom. The van der Waals surface area contributed by atoms with Crippen LogP contribution in [-0.4, -0.2) is 85.0 Å². The van der Waals surface area contributed by atoms with E-state index in [1.807, 2.05) is 77.7 Å². The van der Waals surface area contributed by atoms with Gasteiger partial charge in [0.25, 0.3) is 5.91 Å². The van der Waals surface area contributed by atoms with Gasteiger partial charge in [0.15, 0.2) is 6.10 Å². The number of hydrogen-bond donors (Lipinski definition) is 1. The van der Waals surface area contributed by atoms with E-state index >= 15 is 0 Å². The Morgan fingerprint density at radius 2 is 1.73 bits per heavy atom. The molecule has 2 atom stereocenters. The van der Waals surface area contributed by atoms with E-state index in [0.29, 0.717) is 32.0 Å². The van der Waals surface area contributed by atoms with Gasteiger partial charge in [-0.2, -0.15) is 5.06 Å². The third kappa shape index (κ3) is 9.07. The minimum absolute atomic E-state index is 0.0204. The van der Waals surface area contributed by atoms with Crippen LogP contribution < -0.4 is 5.32 Å². The van der Waals surface area contributed by atoms with Crippen LogP contribution in [0.25, 0.3) is 0 Å². The number of likely N-dealkylation sites (N-methyl/N-ethyl adjacent to an activating group) is 1. The van der Waals surface area contributed by atoms with Crippen molar-refractivity contribution in [1.29, 1.82) is 0 Å². The Kier molecular flexibility index (Phi) is 11.3. The molecule has 1 aliphatic heterocycles. The Balaban J connectivity index is 1.64. The zero-order chi connectivity index (χ0) is 26.6. The third-order valence-electron chi connectivity index (χ3n) is 6.44. The average molecular weight is 509 g/mol. The fraction of sp³-hybridized carbons (Fsp3) is 0.483. The third-order valence-corrected chi connectivity index (χ3v) is 6.44. The molecule has 200 valence electrons. The van der Waals surface area contributed by atoms with Gasteiger partial charge >= 0.3 is 0 Å². The van der Waals surface area contributed by atoms with E-state index < -0.39 is 12.3 Å². The summed E-state index contributed by atoms with van der Waals surface area (Å²) in [5.41, 5.74) is 2.17. The minimum Gasteiger partial charge on any atom is -0.355 e. The van der Waals surface area contributed by atoms with E-state index in [1.54, 1.807) is 4.90 Å². The highest BCUT2D eigenvalue weighted by atomic mass is 16.7. The molecule has 37 heavy (non-hydrogen) atoms. The van der Waals surface area contributed by atoms with Crippen molar-refractivity contribution in [3.63, 3.8) is 0 Å². The molecule has 0 saturated carbocycles. The predicted molar refractivity (Wildman–Crippen MR) is 143 cm³/mol. The summed E-state index contributed by atoms with van der Waals surface area (Å²) < 4.78 is 0. The van der Waals surface area contributed by atoms with Gasteiger partial charge in [0.1, 0.15) is 12.5 Å². The number of benzene rings is 2. The predicted octanol–water partition coefficient (Wildman–Crippen LogP) is 2.54. The summed E-state index contributed by atoms with van der Waals surface area (Å²) in [4.78, 5) is 47.3. The molecular formula is C29H40N4O4. The first-order chi connectivity index (χ1) is 17.9. The van der Waals surface area contributed by atoms with Gasteiger partial charge in [0.05, 0.1) is 13.1 Å². The van der Waals surface area contributed by atoms with Crippen molar-refractivity contribution in [3.05, 3.63) is 71.8 Å². The first-order valence-corrected chi connectivity index (χ1v) is 13.1. The Hall–Kier alpha value is -3.07. The van der Waals surface area contributed by atoms with Crippen molar-refractivity contribution in [3.8, 4) is 0 Å². The number of hydrogen-bond acceptors (Lipinski definition) is 6. The van der Waals surface area contributed by atoms with E-state index in [0.717, 1.165) is 24.7 Å². The van der Waals surface area contributed by atoms with Gasteiger partial charge in [-0.25, -0.2) is 0 Å². The molecule has 0 aromatic heterocycles. The van der Waals surface area contributed by atoms with Crippen LogP contribution >= 0.6 is 0 Å². The van der Waals surface area contributed by atoms with Gasteiger partial charge in [-0.1, -0.05) is 74.5 Å². The molecule has 2 aromatic carbocycles.